The molecule has 0 N–H and O–H groups in total. The van der Waals surface area contributed by atoms with Crippen LogP contribution in [0.5, 0.6) is 0 Å². The normalized spacial score (nSPS) is 14.0. The Balaban J connectivity index is 1.05. The van der Waals surface area contributed by atoms with Crippen LogP contribution in [0.25, 0.3) is 82.9 Å². The summed E-state index contributed by atoms with van der Waals surface area (Å²) in [6.45, 7) is 0. The van der Waals surface area contributed by atoms with Crippen LogP contribution in [-0.2, 0) is 0 Å². The van der Waals surface area contributed by atoms with E-state index in [-0.39, 0.29) is 0 Å². The minimum absolute atomic E-state index is 0.729. The smallest absolute Gasteiger partial charge is 0.160 e. The zero-order chi connectivity index (χ0) is 34.9. The van der Waals surface area contributed by atoms with Gasteiger partial charge in [0.2, 0.25) is 0 Å². The summed E-state index contributed by atoms with van der Waals surface area (Å²) in [5.41, 5.74) is 9.99. The standard InChI is InChI=1S/C48H31N3S2/c1-2-12-32(13-3-1)45-37-17-6-7-18-39(37)49-48(50-45)33-23-21-30(22-24-33)34-14-10-15-35(29-34)51-40-27-25-31-11-4-5-16-36(31)44(40)38-26-28-43-47(46(38)51)53-42-20-9-8-19-41(42)52-43/h1-8,10-19,21-29H,9,20H2. The maximum absolute atomic E-state index is 5.11. The summed E-state index contributed by atoms with van der Waals surface area (Å²) in [6.07, 6.45) is 6.84. The predicted octanol–water partition coefficient (Wildman–Crippen LogP) is 13.6. The van der Waals surface area contributed by atoms with Crippen molar-refractivity contribution in [3.63, 3.8) is 0 Å². The van der Waals surface area contributed by atoms with Crippen LogP contribution in [0.4, 0.5) is 0 Å². The van der Waals surface area contributed by atoms with Gasteiger partial charge in [-0.1, -0.05) is 157 Å². The summed E-state index contributed by atoms with van der Waals surface area (Å²) >= 11 is 3.90. The quantitative estimate of drug-likeness (QED) is 0.182. The Morgan fingerprint density at radius 3 is 2.26 bits per heavy atom. The van der Waals surface area contributed by atoms with Crippen LogP contribution >= 0.6 is 23.5 Å². The molecule has 2 aromatic heterocycles. The van der Waals surface area contributed by atoms with Crippen molar-refractivity contribution >= 4 is 67.0 Å². The van der Waals surface area contributed by atoms with Gasteiger partial charge in [-0.2, -0.15) is 0 Å². The Kier molecular flexibility index (Phi) is 7.17. The molecule has 0 saturated carbocycles. The number of para-hydroxylation sites is 1. The first-order valence-electron chi connectivity index (χ1n) is 18.0. The second-order valence-electron chi connectivity index (χ2n) is 13.6. The van der Waals surface area contributed by atoms with Gasteiger partial charge < -0.3 is 4.57 Å². The molecule has 7 aromatic carbocycles. The summed E-state index contributed by atoms with van der Waals surface area (Å²) in [4.78, 5) is 15.7. The molecule has 1 aliphatic heterocycles. The molecule has 0 atom stereocenters. The van der Waals surface area contributed by atoms with Gasteiger partial charge in [0, 0.05) is 47.7 Å². The number of hydrogen-bond acceptors (Lipinski definition) is 4. The highest BCUT2D eigenvalue weighted by Gasteiger charge is 2.26. The molecular weight excluding hydrogens is 683 g/mol. The molecule has 0 spiro atoms. The van der Waals surface area contributed by atoms with Crippen LogP contribution in [0.15, 0.2) is 183 Å². The van der Waals surface area contributed by atoms with Gasteiger partial charge in [0.1, 0.15) is 0 Å². The molecule has 0 saturated heterocycles. The van der Waals surface area contributed by atoms with Crippen LogP contribution in [0, 0.1) is 0 Å². The van der Waals surface area contributed by atoms with Crippen LogP contribution in [0.1, 0.15) is 12.8 Å². The summed E-state index contributed by atoms with van der Waals surface area (Å²) in [5.74, 6) is 0.729. The number of nitrogens with zero attached hydrogens (tertiary/aromatic N) is 3. The third kappa shape index (κ3) is 5.07. The number of rotatable bonds is 4. The van der Waals surface area contributed by atoms with E-state index < -0.39 is 0 Å². The highest BCUT2D eigenvalue weighted by atomic mass is 32.2. The fourth-order valence-corrected chi connectivity index (χ4v) is 10.5. The molecule has 53 heavy (non-hydrogen) atoms. The van der Waals surface area contributed by atoms with E-state index in [0.717, 1.165) is 57.6 Å². The molecule has 11 rings (SSSR count). The van der Waals surface area contributed by atoms with Crippen molar-refractivity contribution in [2.24, 2.45) is 0 Å². The minimum atomic E-state index is 0.729. The monoisotopic (exact) mass is 713 g/mol. The maximum atomic E-state index is 5.11. The van der Waals surface area contributed by atoms with E-state index in [2.05, 4.69) is 156 Å². The lowest BCUT2D eigenvalue weighted by Gasteiger charge is -2.24. The van der Waals surface area contributed by atoms with Gasteiger partial charge in [-0.3, -0.25) is 0 Å². The number of hydrogen-bond donors (Lipinski definition) is 0. The molecule has 0 radical (unpaired) electrons. The zero-order valence-corrected chi connectivity index (χ0v) is 30.3. The van der Waals surface area contributed by atoms with E-state index in [1.54, 1.807) is 0 Å². The van der Waals surface area contributed by atoms with Gasteiger partial charge in [0.25, 0.3) is 0 Å². The zero-order valence-electron chi connectivity index (χ0n) is 28.7. The Hall–Kier alpha value is -5.88. The third-order valence-electron chi connectivity index (χ3n) is 10.5. The molecule has 5 heteroatoms. The average molecular weight is 714 g/mol. The van der Waals surface area contributed by atoms with Crippen molar-refractivity contribution in [2.45, 2.75) is 22.6 Å². The molecule has 3 nitrogen and oxygen atoms in total. The number of allylic oxidation sites excluding steroid dienone is 3. The van der Waals surface area contributed by atoms with Crippen molar-refractivity contribution in [3.05, 3.63) is 174 Å². The molecule has 250 valence electrons. The number of fused-ring (bicyclic) bond motifs is 8. The highest BCUT2D eigenvalue weighted by molar-refractivity contribution is 8.09. The second-order valence-corrected chi connectivity index (χ2v) is 15.8. The van der Waals surface area contributed by atoms with Gasteiger partial charge in [0.05, 0.1) is 27.1 Å². The van der Waals surface area contributed by atoms with Crippen molar-refractivity contribution < 1.29 is 0 Å². The molecule has 0 amide bonds. The molecule has 0 fully saturated rings. The molecule has 0 bridgehead atoms. The fraction of sp³-hybridized carbons (Fsp3) is 0.0417. The SMILES string of the molecule is C1=CC2=C(CC1)Sc1c(ccc3c4c5ccccc5ccc4n(-c4cccc(-c5ccc(-c6nc(-c7ccccc7)c7ccccc7n6)cc5)c4)c13)S2. The second kappa shape index (κ2) is 12.4. The van der Waals surface area contributed by atoms with Crippen LogP contribution in [-0.4, -0.2) is 14.5 Å². The van der Waals surface area contributed by atoms with E-state index >= 15 is 0 Å². The average Bonchev–Trinajstić information content (AvgIpc) is 3.58. The number of aromatic nitrogens is 3. The summed E-state index contributed by atoms with van der Waals surface area (Å²) in [7, 11) is 0. The molecule has 1 aliphatic carbocycles. The topological polar surface area (TPSA) is 30.7 Å². The van der Waals surface area contributed by atoms with Crippen molar-refractivity contribution in [1.82, 2.24) is 14.5 Å². The Labute approximate surface area is 315 Å². The Bertz CT molecular complexity index is 2990. The predicted molar refractivity (Wildman–Crippen MR) is 225 cm³/mol. The van der Waals surface area contributed by atoms with Crippen LogP contribution in [0.3, 0.4) is 0 Å². The number of thioether (sulfide) groups is 2. The first kappa shape index (κ1) is 30.7. The lowest BCUT2D eigenvalue weighted by molar-refractivity contribution is 1.01. The van der Waals surface area contributed by atoms with E-state index in [4.69, 9.17) is 9.97 Å². The van der Waals surface area contributed by atoms with E-state index in [1.165, 1.54) is 57.7 Å². The first-order valence-corrected chi connectivity index (χ1v) is 19.7. The molecular formula is C48H31N3S2. The fourth-order valence-electron chi connectivity index (χ4n) is 7.99. The van der Waals surface area contributed by atoms with E-state index in [9.17, 15) is 0 Å². The number of benzene rings is 7. The van der Waals surface area contributed by atoms with Crippen molar-refractivity contribution in [3.8, 4) is 39.5 Å². The lowest BCUT2D eigenvalue weighted by Crippen LogP contribution is -2.00. The first-order chi connectivity index (χ1) is 26.3. The van der Waals surface area contributed by atoms with Gasteiger partial charge in [-0.25, -0.2) is 9.97 Å². The van der Waals surface area contributed by atoms with Gasteiger partial charge in [-0.05, 0) is 65.1 Å². The molecule has 9 aromatic rings. The third-order valence-corrected chi connectivity index (χ3v) is 13.2. The molecule has 0 unspecified atom stereocenters. The summed E-state index contributed by atoms with van der Waals surface area (Å²) in [6, 6.07) is 54.5. The van der Waals surface area contributed by atoms with E-state index in [1.807, 2.05) is 35.7 Å². The largest absolute Gasteiger partial charge is 0.308 e. The Morgan fingerprint density at radius 2 is 1.36 bits per heavy atom. The molecule has 3 heterocycles. The minimum Gasteiger partial charge on any atom is -0.308 e. The van der Waals surface area contributed by atoms with E-state index in [0.29, 0.717) is 0 Å². The van der Waals surface area contributed by atoms with Crippen molar-refractivity contribution in [1.29, 1.82) is 0 Å². The van der Waals surface area contributed by atoms with Gasteiger partial charge in [-0.15, -0.1) is 0 Å². The maximum Gasteiger partial charge on any atom is 0.160 e. The summed E-state index contributed by atoms with van der Waals surface area (Å²) in [5, 5.41) is 6.23. The summed E-state index contributed by atoms with van der Waals surface area (Å²) < 4.78 is 2.51. The van der Waals surface area contributed by atoms with Gasteiger partial charge in [0.15, 0.2) is 5.82 Å². The van der Waals surface area contributed by atoms with Crippen LogP contribution in [0.2, 0.25) is 0 Å². The van der Waals surface area contributed by atoms with Gasteiger partial charge >= 0.3 is 0 Å². The highest BCUT2D eigenvalue weighted by Crippen LogP contribution is 2.54. The van der Waals surface area contributed by atoms with Crippen LogP contribution < -0.4 is 0 Å². The lowest BCUT2D eigenvalue weighted by atomic mass is 10.0. The Morgan fingerprint density at radius 1 is 0.566 bits per heavy atom. The van der Waals surface area contributed by atoms with Crippen molar-refractivity contribution in [2.75, 3.05) is 0 Å². The molecule has 2 aliphatic rings.